The molecule has 0 saturated carbocycles. The molecule has 0 radical (unpaired) electrons. The second kappa shape index (κ2) is 9.31. The molecule has 1 aromatic heterocycles. The minimum atomic E-state index is 0.655. The van der Waals surface area contributed by atoms with Gasteiger partial charge in [-0.05, 0) is 43.8 Å². The van der Waals surface area contributed by atoms with Crippen molar-refractivity contribution >= 4 is 10.8 Å². The fourth-order valence-electron chi connectivity index (χ4n) is 2.54. The molecule has 23 heavy (non-hydrogen) atoms. The lowest BCUT2D eigenvalue weighted by atomic mass is 10.1. The van der Waals surface area contributed by atoms with Crippen LogP contribution in [0.1, 0.15) is 31.9 Å². The first kappa shape index (κ1) is 17.5. The lowest BCUT2D eigenvalue weighted by Crippen LogP contribution is -2.25. The first-order valence-electron chi connectivity index (χ1n) is 8.55. The predicted molar refractivity (Wildman–Crippen MR) is 98.2 cm³/mol. The summed E-state index contributed by atoms with van der Waals surface area (Å²) in [6, 6.07) is 10.5. The number of aromatic nitrogens is 1. The molecule has 124 valence electrons. The minimum Gasteiger partial charge on any atom is -0.476 e. The molecule has 0 saturated heterocycles. The van der Waals surface area contributed by atoms with Crippen LogP contribution in [0.2, 0.25) is 0 Å². The standard InChI is InChI=1S/C20H28N2O/c1-4-6-11-18-16-17-10-8-9-12-19(17)20(21-18)23-15-14-22(3)13-7-5-2/h5,8-10,12,16H,2,4,6-7,11,13-15H2,1,3H3. The van der Waals surface area contributed by atoms with Gasteiger partial charge >= 0.3 is 0 Å². The molecule has 0 N–H and O–H groups in total. The fraction of sp³-hybridized carbons (Fsp3) is 0.450. The van der Waals surface area contributed by atoms with E-state index in [-0.39, 0.29) is 0 Å². The monoisotopic (exact) mass is 312 g/mol. The quantitative estimate of drug-likeness (QED) is 0.605. The summed E-state index contributed by atoms with van der Waals surface area (Å²) < 4.78 is 6.01. The maximum absolute atomic E-state index is 6.01. The highest BCUT2D eigenvalue weighted by Gasteiger charge is 2.07. The van der Waals surface area contributed by atoms with Gasteiger partial charge in [0.2, 0.25) is 5.88 Å². The molecule has 2 rings (SSSR count). The van der Waals surface area contributed by atoms with Crippen LogP contribution in [0.15, 0.2) is 43.0 Å². The summed E-state index contributed by atoms with van der Waals surface area (Å²) in [5, 5.41) is 2.31. The number of fused-ring (bicyclic) bond motifs is 1. The average Bonchev–Trinajstić information content (AvgIpc) is 2.58. The lowest BCUT2D eigenvalue weighted by molar-refractivity contribution is 0.235. The molecule has 0 aliphatic rings. The van der Waals surface area contributed by atoms with E-state index in [4.69, 9.17) is 9.72 Å². The zero-order valence-corrected chi connectivity index (χ0v) is 14.4. The smallest absolute Gasteiger partial charge is 0.221 e. The first-order chi connectivity index (χ1) is 11.2. The van der Waals surface area contributed by atoms with Gasteiger partial charge in [0.25, 0.3) is 0 Å². The van der Waals surface area contributed by atoms with E-state index in [1.165, 1.54) is 11.8 Å². The number of likely N-dealkylation sites (N-methyl/N-ethyl adjacent to an activating group) is 1. The van der Waals surface area contributed by atoms with Gasteiger partial charge in [-0.3, -0.25) is 0 Å². The summed E-state index contributed by atoms with van der Waals surface area (Å²) in [4.78, 5) is 7.00. The van der Waals surface area contributed by atoms with E-state index in [1.54, 1.807) is 0 Å². The van der Waals surface area contributed by atoms with Crippen molar-refractivity contribution < 1.29 is 4.74 Å². The second-order valence-electron chi connectivity index (χ2n) is 5.97. The molecular weight excluding hydrogens is 284 g/mol. The maximum Gasteiger partial charge on any atom is 0.221 e. The van der Waals surface area contributed by atoms with Crippen LogP contribution in [0.25, 0.3) is 10.8 Å². The Morgan fingerprint density at radius 1 is 1.26 bits per heavy atom. The van der Waals surface area contributed by atoms with Gasteiger partial charge in [-0.25, -0.2) is 4.98 Å². The molecule has 0 amide bonds. The highest BCUT2D eigenvalue weighted by Crippen LogP contribution is 2.25. The van der Waals surface area contributed by atoms with Crippen molar-refractivity contribution in [3.63, 3.8) is 0 Å². The molecule has 0 bridgehead atoms. The average molecular weight is 312 g/mol. The molecule has 3 nitrogen and oxygen atoms in total. The van der Waals surface area contributed by atoms with Gasteiger partial charge in [-0.15, -0.1) is 6.58 Å². The van der Waals surface area contributed by atoms with E-state index in [0.717, 1.165) is 49.3 Å². The number of benzene rings is 1. The van der Waals surface area contributed by atoms with Crippen LogP contribution in [-0.2, 0) is 6.42 Å². The summed E-state index contributed by atoms with van der Waals surface area (Å²) >= 11 is 0. The van der Waals surface area contributed by atoms with Crippen molar-refractivity contribution in [2.45, 2.75) is 32.6 Å². The number of rotatable bonds is 10. The van der Waals surface area contributed by atoms with Gasteiger partial charge < -0.3 is 9.64 Å². The number of ether oxygens (including phenoxy) is 1. The molecule has 0 spiro atoms. The number of nitrogens with zero attached hydrogens (tertiary/aromatic N) is 2. The molecule has 3 heteroatoms. The topological polar surface area (TPSA) is 25.4 Å². The van der Waals surface area contributed by atoms with Gasteiger partial charge in [0.1, 0.15) is 6.61 Å². The van der Waals surface area contributed by atoms with Crippen LogP contribution in [0.3, 0.4) is 0 Å². The third-order valence-corrected chi connectivity index (χ3v) is 3.97. The van der Waals surface area contributed by atoms with Gasteiger partial charge in [0, 0.05) is 24.2 Å². The Labute approximate surface area is 140 Å². The van der Waals surface area contributed by atoms with Crippen LogP contribution >= 0.6 is 0 Å². The summed E-state index contributed by atoms with van der Waals surface area (Å²) in [6.45, 7) is 8.52. The highest BCUT2D eigenvalue weighted by atomic mass is 16.5. The summed E-state index contributed by atoms with van der Waals surface area (Å²) in [5.41, 5.74) is 1.13. The van der Waals surface area contributed by atoms with Crippen molar-refractivity contribution in [1.29, 1.82) is 0 Å². The SMILES string of the molecule is C=CCCN(C)CCOc1nc(CCCC)cc2ccccc12. The molecule has 0 unspecified atom stereocenters. The number of unbranched alkanes of at least 4 members (excludes halogenated alkanes) is 1. The van der Waals surface area contributed by atoms with Crippen molar-refractivity contribution in [2.24, 2.45) is 0 Å². The Balaban J connectivity index is 2.06. The van der Waals surface area contributed by atoms with Crippen molar-refractivity contribution in [3.8, 4) is 5.88 Å². The Kier molecular flexibility index (Phi) is 7.08. The zero-order chi connectivity index (χ0) is 16.5. The van der Waals surface area contributed by atoms with Gasteiger partial charge in [0.05, 0.1) is 0 Å². The van der Waals surface area contributed by atoms with E-state index in [1.807, 2.05) is 12.1 Å². The number of aryl methyl sites for hydroxylation is 1. The van der Waals surface area contributed by atoms with Gasteiger partial charge in [-0.1, -0.05) is 37.6 Å². The molecule has 1 heterocycles. The zero-order valence-electron chi connectivity index (χ0n) is 14.4. The van der Waals surface area contributed by atoms with Crippen LogP contribution in [0, 0.1) is 0 Å². The summed E-state index contributed by atoms with van der Waals surface area (Å²) in [5.74, 6) is 0.770. The maximum atomic E-state index is 6.01. The largest absolute Gasteiger partial charge is 0.476 e. The Hall–Kier alpha value is -1.87. The van der Waals surface area contributed by atoms with Crippen molar-refractivity contribution in [3.05, 3.63) is 48.7 Å². The second-order valence-corrected chi connectivity index (χ2v) is 5.97. The molecule has 0 atom stereocenters. The fourth-order valence-corrected chi connectivity index (χ4v) is 2.54. The van der Waals surface area contributed by atoms with Crippen LogP contribution < -0.4 is 4.74 Å². The Morgan fingerprint density at radius 3 is 2.87 bits per heavy atom. The van der Waals surface area contributed by atoms with E-state index in [0.29, 0.717) is 6.61 Å². The lowest BCUT2D eigenvalue weighted by Gasteiger charge is -2.16. The Bertz CT molecular complexity index is 624. The normalized spacial score (nSPS) is 11.1. The molecular formula is C20H28N2O. The summed E-state index contributed by atoms with van der Waals surface area (Å²) in [6.07, 6.45) is 6.30. The number of pyridine rings is 1. The van der Waals surface area contributed by atoms with Gasteiger partial charge in [-0.2, -0.15) is 0 Å². The summed E-state index contributed by atoms with van der Waals surface area (Å²) in [7, 11) is 2.11. The van der Waals surface area contributed by atoms with E-state index in [2.05, 4.69) is 49.7 Å². The van der Waals surface area contributed by atoms with Crippen molar-refractivity contribution in [2.75, 3.05) is 26.7 Å². The van der Waals surface area contributed by atoms with Gasteiger partial charge in [0.15, 0.2) is 0 Å². The molecule has 0 fully saturated rings. The molecule has 1 aromatic carbocycles. The first-order valence-corrected chi connectivity index (χ1v) is 8.55. The van der Waals surface area contributed by atoms with E-state index < -0.39 is 0 Å². The third-order valence-electron chi connectivity index (χ3n) is 3.97. The molecule has 0 aliphatic carbocycles. The number of hydrogen-bond donors (Lipinski definition) is 0. The van der Waals surface area contributed by atoms with Crippen molar-refractivity contribution in [1.82, 2.24) is 9.88 Å². The molecule has 0 aliphatic heterocycles. The molecule has 2 aromatic rings. The van der Waals surface area contributed by atoms with Crippen LogP contribution in [0.4, 0.5) is 0 Å². The Morgan fingerprint density at radius 2 is 2.09 bits per heavy atom. The van der Waals surface area contributed by atoms with E-state index in [9.17, 15) is 0 Å². The highest BCUT2D eigenvalue weighted by molar-refractivity contribution is 5.87. The van der Waals surface area contributed by atoms with Crippen LogP contribution in [-0.4, -0.2) is 36.6 Å². The number of hydrogen-bond acceptors (Lipinski definition) is 3. The minimum absolute atomic E-state index is 0.655. The third kappa shape index (κ3) is 5.36. The van der Waals surface area contributed by atoms with Crippen LogP contribution in [0.5, 0.6) is 5.88 Å². The predicted octanol–water partition coefficient (Wildman–Crippen LogP) is 4.46. The van der Waals surface area contributed by atoms with E-state index >= 15 is 0 Å².